The summed E-state index contributed by atoms with van der Waals surface area (Å²) < 4.78 is 42.8. The number of alkyl halides is 3. The molecule has 0 spiro atoms. The average molecular weight is 322 g/mol. The second-order valence-electron chi connectivity index (χ2n) is 4.55. The Morgan fingerprint density at radius 2 is 1.91 bits per heavy atom. The molecule has 1 N–H and O–H groups in total. The smallest absolute Gasteiger partial charge is 0.416 e. The maximum Gasteiger partial charge on any atom is 0.416 e. The number of ether oxygens (including phenoxy) is 1. The molecule has 0 saturated carbocycles. The molecule has 120 valence electrons. The fourth-order valence-electron chi connectivity index (χ4n) is 1.79. The summed E-state index contributed by atoms with van der Waals surface area (Å²) >= 11 is 0. The van der Waals surface area contributed by atoms with Gasteiger partial charge in [-0.05, 0) is 35.9 Å². The van der Waals surface area contributed by atoms with Crippen LogP contribution >= 0.6 is 0 Å². The first kappa shape index (κ1) is 16.5. The molecule has 4 nitrogen and oxygen atoms in total. The van der Waals surface area contributed by atoms with Crippen molar-refractivity contribution in [1.82, 2.24) is 5.43 Å². The number of halogens is 3. The van der Waals surface area contributed by atoms with Gasteiger partial charge in [0.1, 0.15) is 5.75 Å². The van der Waals surface area contributed by atoms with Crippen LogP contribution in [-0.2, 0) is 6.18 Å². The quantitative estimate of drug-likeness (QED) is 0.692. The largest absolute Gasteiger partial charge is 0.497 e. The molecule has 0 aliphatic rings. The standard InChI is InChI=1S/C16H13F3N2O2/c1-23-14-7-2-4-11(8-14)10-20-21-15(22)12-5-3-6-13(9-12)16(17,18)19/h2-10H,1H3,(H,21,22)/b20-10-. The average Bonchev–Trinajstić information content (AvgIpc) is 2.54. The first-order chi connectivity index (χ1) is 10.9. The second-order valence-corrected chi connectivity index (χ2v) is 4.55. The van der Waals surface area contributed by atoms with Crippen molar-refractivity contribution < 1.29 is 22.7 Å². The Kier molecular flexibility index (Phi) is 5.00. The van der Waals surface area contributed by atoms with Crippen LogP contribution in [0.5, 0.6) is 5.75 Å². The van der Waals surface area contributed by atoms with Crippen molar-refractivity contribution in [3.63, 3.8) is 0 Å². The fraction of sp³-hybridized carbons (Fsp3) is 0.125. The molecule has 0 aliphatic heterocycles. The van der Waals surface area contributed by atoms with E-state index in [-0.39, 0.29) is 5.56 Å². The predicted molar refractivity (Wildman–Crippen MR) is 79.5 cm³/mol. The summed E-state index contributed by atoms with van der Waals surface area (Å²) in [7, 11) is 1.52. The van der Waals surface area contributed by atoms with Gasteiger partial charge in [0, 0.05) is 5.56 Å². The third kappa shape index (κ3) is 4.57. The third-order valence-electron chi connectivity index (χ3n) is 2.93. The van der Waals surface area contributed by atoms with Crippen molar-refractivity contribution in [2.75, 3.05) is 7.11 Å². The van der Waals surface area contributed by atoms with E-state index in [0.29, 0.717) is 11.3 Å². The molecule has 0 saturated heterocycles. The van der Waals surface area contributed by atoms with Gasteiger partial charge in [-0.25, -0.2) is 5.43 Å². The molecule has 0 unspecified atom stereocenters. The lowest BCUT2D eigenvalue weighted by Crippen LogP contribution is -2.18. The van der Waals surface area contributed by atoms with Gasteiger partial charge in [0.25, 0.3) is 5.91 Å². The van der Waals surface area contributed by atoms with Gasteiger partial charge in [-0.15, -0.1) is 0 Å². The fourth-order valence-corrected chi connectivity index (χ4v) is 1.79. The van der Waals surface area contributed by atoms with Gasteiger partial charge < -0.3 is 4.74 Å². The first-order valence-electron chi connectivity index (χ1n) is 6.55. The summed E-state index contributed by atoms with van der Waals surface area (Å²) in [5, 5.41) is 3.72. The van der Waals surface area contributed by atoms with Crippen LogP contribution < -0.4 is 10.2 Å². The first-order valence-corrected chi connectivity index (χ1v) is 6.55. The number of methoxy groups -OCH3 is 1. The van der Waals surface area contributed by atoms with E-state index in [1.165, 1.54) is 25.5 Å². The van der Waals surface area contributed by atoms with Crippen LogP contribution in [0, 0.1) is 0 Å². The molecule has 23 heavy (non-hydrogen) atoms. The number of benzene rings is 2. The highest BCUT2D eigenvalue weighted by molar-refractivity contribution is 5.95. The molecule has 0 aliphatic carbocycles. The Labute approximate surface area is 130 Å². The number of amides is 1. The normalized spacial score (nSPS) is 11.5. The lowest BCUT2D eigenvalue weighted by Gasteiger charge is -2.07. The highest BCUT2D eigenvalue weighted by Crippen LogP contribution is 2.29. The van der Waals surface area contributed by atoms with Crippen LogP contribution in [0.2, 0.25) is 0 Å². The minimum Gasteiger partial charge on any atom is -0.497 e. The monoisotopic (exact) mass is 322 g/mol. The summed E-state index contributed by atoms with van der Waals surface area (Å²) in [5.74, 6) is -0.103. The number of hydrazone groups is 1. The lowest BCUT2D eigenvalue weighted by molar-refractivity contribution is -0.137. The number of nitrogens with one attached hydrogen (secondary N) is 1. The van der Waals surface area contributed by atoms with Gasteiger partial charge in [0.2, 0.25) is 0 Å². The molecule has 0 heterocycles. The molecule has 0 atom stereocenters. The molecule has 0 bridgehead atoms. The molecule has 0 fully saturated rings. The zero-order valence-electron chi connectivity index (χ0n) is 12.1. The SMILES string of the molecule is COc1cccc(/C=N\NC(=O)c2cccc(C(F)(F)F)c2)c1. The summed E-state index contributed by atoms with van der Waals surface area (Å²) in [6.45, 7) is 0. The van der Waals surface area contributed by atoms with Crippen molar-refractivity contribution in [2.45, 2.75) is 6.18 Å². The molecular formula is C16H13F3N2O2. The van der Waals surface area contributed by atoms with E-state index in [0.717, 1.165) is 12.1 Å². The van der Waals surface area contributed by atoms with E-state index >= 15 is 0 Å². The number of carbonyl (C=O) groups excluding carboxylic acids is 1. The van der Waals surface area contributed by atoms with Crippen molar-refractivity contribution in [3.05, 3.63) is 65.2 Å². The van der Waals surface area contributed by atoms with Gasteiger partial charge in [-0.1, -0.05) is 18.2 Å². The number of carbonyl (C=O) groups is 1. The number of rotatable bonds is 4. The molecule has 2 aromatic rings. The van der Waals surface area contributed by atoms with Gasteiger partial charge in [-0.2, -0.15) is 18.3 Å². The molecular weight excluding hydrogens is 309 g/mol. The number of hydrogen-bond donors (Lipinski definition) is 1. The Morgan fingerprint density at radius 1 is 1.17 bits per heavy atom. The Balaban J connectivity index is 2.06. The van der Waals surface area contributed by atoms with Crippen molar-refractivity contribution in [2.24, 2.45) is 5.10 Å². The second kappa shape index (κ2) is 6.95. The highest BCUT2D eigenvalue weighted by Gasteiger charge is 2.30. The molecule has 0 radical (unpaired) electrons. The van der Waals surface area contributed by atoms with E-state index in [9.17, 15) is 18.0 Å². The summed E-state index contributed by atoms with van der Waals surface area (Å²) in [5.41, 5.74) is 1.85. The van der Waals surface area contributed by atoms with Crippen LogP contribution in [0.3, 0.4) is 0 Å². The van der Waals surface area contributed by atoms with E-state index in [4.69, 9.17) is 4.74 Å². The summed E-state index contributed by atoms with van der Waals surface area (Å²) in [6.07, 6.45) is -3.13. The predicted octanol–water partition coefficient (Wildman–Crippen LogP) is 3.48. The number of nitrogens with zero attached hydrogens (tertiary/aromatic N) is 1. The Hall–Kier alpha value is -2.83. The van der Waals surface area contributed by atoms with Crippen LogP contribution in [-0.4, -0.2) is 19.2 Å². The minimum atomic E-state index is -4.50. The van der Waals surface area contributed by atoms with Gasteiger partial charge in [0.05, 0.1) is 18.9 Å². The molecule has 0 aromatic heterocycles. The van der Waals surface area contributed by atoms with Gasteiger partial charge in [0.15, 0.2) is 0 Å². The Bertz CT molecular complexity index is 727. The lowest BCUT2D eigenvalue weighted by atomic mass is 10.1. The van der Waals surface area contributed by atoms with E-state index in [2.05, 4.69) is 10.5 Å². The van der Waals surface area contributed by atoms with Crippen molar-refractivity contribution in [1.29, 1.82) is 0 Å². The van der Waals surface area contributed by atoms with Crippen LogP contribution in [0.25, 0.3) is 0 Å². The summed E-state index contributed by atoms with van der Waals surface area (Å²) in [6, 6.07) is 11.1. The van der Waals surface area contributed by atoms with E-state index in [1.807, 2.05) is 0 Å². The third-order valence-corrected chi connectivity index (χ3v) is 2.93. The molecule has 2 aromatic carbocycles. The van der Waals surface area contributed by atoms with Gasteiger partial charge >= 0.3 is 6.18 Å². The Morgan fingerprint density at radius 3 is 2.61 bits per heavy atom. The maximum absolute atomic E-state index is 12.6. The zero-order valence-corrected chi connectivity index (χ0v) is 12.1. The number of hydrogen-bond acceptors (Lipinski definition) is 3. The van der Waals surface area contributed by atoms with Crippen molar-refractivity contribution in [3.8, 4) is 5.75 Å². The van der Waals surface area contributed by atoms with E-state index in [1.54, 1.807) is 24.3 Å². The molecule has 7 heteroatoms. The maximum atomic E-state index is 12.6. The van der Waals surface area contributed by atoms with Gasteiger partial charge in [-0.3, -0.25) is 4.79 Å². The zero-order chi connectivity index (χ0) is 16.9. The van der Waals surface area contributed by atoms with E-state index < -0.39 is 17.6 Å². The molecule has 1 amide bonds. The topological polar surface area (TPSA) is 50.7 Å². The van der Waals surface area contributed by atoms with Crippen LogP contribution in [0.15, 0.2) is 53.6 Å². The van der Waals surface area contributed by atoms with Crippen LogP contribution in [0.1, 0.15) is 21.5 Å². The van der Waals surface area contributed by atoms with Crippen molar-refractivity contribution >= 4 is 12.1 Å². The molecule has 2 rings (SSSR count). The minimum absolute atomic E-state index is 0.123. The summed E-state index contributed by atoms with van der Waals surface area (Å²) in [4.78, 5) is 11.8. The highest BCUT2D eigenvalue weighted by atomic mass is 19.4. The van der Waals surface area contributed by atoms with Crippen LogP contribution in [0.4, 0.5) is 13.2 Å².